The summed E-state index contributed by atoms with van der Waals surface area (Å²) in [4.78, 5) is 25.9. The Balaban J connectivity index is 1.36. The summed E-state index contributed by atoms with van der Waals surface area (Å²) in [6.45, 7) is 5.20. The van der Waals surface area contributed by atoms with Crippen LogP contribution in [0.15, 0.2) is 48.5 Å². The van der Waals surface area contributed by atoms with Crippen LogP contribution in [0.3, 0.4) is 0 Å². The summed E-state index contributed by atoms with van der Waals surface area (Å²) >= 11 is 0. The van der Waals surface area contributed by atoms with Gasteiger partial charge in [-0.05, 0) is 41.8 Å². The van der Waals surface area contributed by atoms with E-state index < -0.39 is 0 Å². The molecule has 27 heavy (non-hydrogen) atoms. The molecule has 0 unspecified atom stereocenters. The number of benzene rings is 2. The number of nitrogens with one attached hydrogen (secondary N) is 1. The molecule has 2 aromatic rings. The molecule has 0 saturated carbocycles. The SMILES string of the molecule is CCC(=O)c1ccc(OCC(=O)NCCN2CCc3ccccc3C2)cc1. The van der Waals surface area contributed by atoms with E-state index in [1.807, 2.05) is 6.92 Å². The summed E-state index contributed by atoms with van der Waals surface area (Å²) in [6.07, 6.45) is 1.54. The number of ether oxygens (including phenoxy) is 1. The molecule has 0 radical (unpaired) electrons. The van der Waals surface area contributed by atoms with Gasteiger partial charge < -0.3 is 10.1 Å². The normalized spacial score (nSPS) is 13.7. The van der Waals surface area contributed by atoms with E-state index in [2.05, 4.69) is 34.5 Å². The first-order valence-corrected chi connectivity index (χ1v) is 9.47. The van der Waals surface area contributed by atoms with Crippen molar-refractivity contribution >= 4 is 11.7 Å². The zero-order chi connectivity index (χ0) is 19.1. The number of hydrogen-bond acceptors (Lipinski definition) is 4. The zero-order valence-corrected chi connectivity index (χ0v) is 15.7. The van der Waals surface area contributed by atoms with E-state index in [4.69, 9.17) is 4.74 Å². The second-order valence-electron chi connectivity index (χ2n) is 6.73. The second-order valence-corrected chi connectivity index (χ2v) is 6.73. The maximum atomic E-state index is 12.0. The summed E-state index contributed by atoms with van der Waals surface area (Å²) in [7, 11) is 0. The molecule has 142 valence electrons. The quantitative estimate of drug-likeness (QED) is 0.730. The predicted octanol–water partition coefficient (Wildman–Crippen LogP) is 2.83. The van der Waals surface area contributed by atoms with Gasteiger partial charge in [0.1, 0.15) is 5.75 Å². The highest BCUT2D eigenvalue weighted by molar-refractivity contribution is 5.95. The highest BCUT2D eigenvalue weighted by atomic mass is 16.5. The molecular weight excluding hydrogens is 340 g/mol. The number of nitrogens with zero attached hydrogens (tertiary/aromatic N) is 1. The van der Waals surface area contributed by atoms with Gasteiger partial charge >= 0.3 is 0 Å². The molecule has 3 rings (SSSR count). The zero-order valence-electron chi connectivity index (χ0n) is 15.7. The summed E-state index contributed by atoms with van der Waals surface area (Å²) < 4.78 is 5.49. The lowest BCUT2D eigenvalue weighted by Gasteiger charge is -2.28. The Morgan fingerprint density at radius 2 is 1.81 bits per heavy atom. The fourth-order valence-corrected chi connectivity index (χ4v) is 3.24. The molecule has 0 atom stereocenters. The topological polar surface area (TPSA) is 58.6 Å². The van der Waals surface area contributed by atoms with Gasteiger partial charge in [0.15, 0.2) is 12.4 Å². The fraction of sp³-hybridized carbons (Fsp3) is 0.364. The molecule has 0 bridgehead atoms. The second kappa shape index (κ2) is 9.33. The third kappa shape index (κ3) is 5.41. The van der Waals surface area contributed by atoms with Gasteiger partial charge in [0.25, 0.3) is 5.91 Å². The average Bonchev–Trinajstić information content (AvgIpc) is 2.72. The molecule has 0 saturated heterocycles. The van der Waals surface area contributed by atoms with E-state index in [0.29, 0.717) is 24.3 Å². The van der Waals surface area contributed by atoms with E-state index >= 15 is 0 Å². The monoisotopic (exact) mass is 366 g/mol. The molecule has 5 nitrogen and oxygen atoms in total. The van der Waals surface area contributed by atoms with E-state index in [0.717, 1.165) is 26.1 Å². The first-order chi connectivity index (χ1) is 13.2. The standard InChI is InChI=1S/C22H26N2O3/c1-2-21(25)18-7-9-20(10-8-18)27-16-22(26)23-12-14-24-13-11-17-5-3-4-6-19(17)15-24/h3-10H,2,11-16H2,1H3,(H,23,26). The van der Waals surface area contributed by atoms with Crippen molar-refractivity contribution in [3.63, 3.8) is 0 Å². The van der Waals surface area contributed by atoms with Crippen LogP contribution in [0.1, 0.15) is 34.8 Å². The molecule has 1 amide bonds. The molecule has 1 N–H and O–H groups in total. The van der Waals surface area contributed by atoms with E-state index in [1.54, 1.807) is 24.3 Å². The first-order valence-electron chi connectivity index (χ1n) is 9.47. The Morgan fingerprint density at radius 1 is 1.07 bits per heavy atom. The van der Waals surface area contributed by atoms with Gasteiger partial charge in [-0.25, -0.2) is 0 Å². The molecule has 1 aliphatic rings. The Kier molecular flexibility index (Phi) is 6.60. The van der Waals surface area contributed by atoms with Crippen LogP contribution in [0.25, 0.3) is 0 Å². The van der Waals surface area contributed by atoms with Gasteiger partial charge in [0, 0.05) is 38.2 Å². The van der Waals surface area contributed by atoms with Crippen LogP contribution in [0, 0.1) is 0 Å². The molecule has 0 aromatic heterocycles. The highest BCUT2D eigenvalue weighted by Crippen LogP contribution is 2.17. The Morgan fingerprint density at radius 3 is 2.56 bits per heavy atom. The summed E-state index contributed by atoms with van der Waals surface area (Å²) in [5, 5.41) is 2.90. The third-order valence-corrected chi connectivity index (χ3v) is 4.83. The van der Waals surface area contributed by atoms with Gasteiger partial charge in [-0.2, -0.15) is 0 Å². The average molecular weight is 366 g/mol. The smallest absolute Gasteiger partial charge is 0.257 e. The molecular formula is C22H26N2O3. The number of fused-ring (bicyclic) bond motifs is 1. The number of hydrogen-bond donors (Lipinski definition) is 1. The van der Waals surface area contributed by atoms with Crippen molar-refractivity contribution in [1.29, 1.82) is 0 Å². The lowest BCUT2D eigenvalue weighted by molar-refractivity contribution is -0.123. The van der Waals surface area contributed by atoms with Crippen molar-refractivity contribution < 1.29 is 14.3 Å². The number of rotatable bonds is 8. The van der Waals surface area contributed by atoms with Crippen LogP contribution in [-0.2, 0) is 17.8 Å². The lowest BCUT2D eigenvalue weighted by atomic mass is 10.00. The first kappa shape index (κ1) is 19.1. The van der Waals surface area contributed by atoms with Crippen molar-refractivity contribution in [1.82, 2.24) is 10.2 Å². The van der Waals surface area contributed by atoms with Gasteiger partial charge in [0.05, 0.1) is 0 Å². The highest BCUT2D eigenvalue weighted by Gasteiger charge is 2.15. The van der Waals surface area contributed by atoms with Crippen molar-refractivity contribution in [3.8, 4) is 5.75 Å². The third-order valence-electron chi connectivity index (χ3n) is 4.83. The Hall–Kier alpha value is -2.66. The molecule has 0 aliphatic carbocycles. The Labute approximate surface area is 160 Å². The number of carbonyl (C=O) groups excluding carboxylic acids is 2. The van der Waals surface area contributed by atoms with Gasteiger partial charge in [0.2, 0.25) is 0 Å². The van der Waals surface area contributed by atoms with Crippen LogP contribution in [0.2, 0.25) is 0 Å². The molecule has 1 aliphatic heterocycles. The van der Waals surface area contributed by atoms with Gasteiger partial charge in [-0.3, -0.25) is 14.5 Å². The van der Waals surface area contributed by atoms with Crippen LogP contribution in [0.5, 0.6) is 5.75 Å². The minimum atomic E-state index is -0.138. The number of amides is 1. The van der Waals surface area contributed by atoms with Crippen molar-refractivity contribution in [2.45, 2.75) is 26.3 Å². The van der Waals surface area contributed by atoms with E-state index in [-0.39, 0.29) is 18.3 Å². The van der Waals surface area contributed by atoms with Crippen LogP contribution in [0.4, 0.5) is 0 Å². The van der Waals surface area contributed by atoms with E-state index in [1.165, 1.54) is 11.1 Å². The molecule has 1 heterocycles. The van der Waals surface area contributed by atoms with Crippen molar-refractivity contribution in [2.75, 3.05) is 26.2 Å². The molecule has 0 spiro atoms. The van der Waals surface area contributed by atoms with E-state index in [9.17, 15) is 9.59 Å². The maximum absolute atomic E-state index is 12.0. The number of Topliss-reactive ketones (excluding diaryl/α,β-unsaturated/α-hetero) is 1. The van der Waals surface area contributed by atoms with Crippen molar-refractivity contribution in [3.05, 3.63) is 65.2 Å². The fourth-order valence-electron chi connectivity index (χ4n) is 3.24. The van der Waals surface area contributed by atoms with Crippen LogP contribution < -0.4 is 10.1 Å². The summed E-state index contributed by atoms with van der Waals surface area (Å²) in [5.74, 6) is 0.547. The summed E-state index contributed by atoms with van der Waals surface area (Å²) in [6, 6.07) is 15.4. The minimum Gasteiger partial charge on any atom is -0.484 e. The Bertz CT molecular complexity index is 786. The van der Waals surface area contributed by atoms with Crippen LogP contribution >= 0.6 is 0 Å². The predicted molar refractivity (Wildman–Crippen MR) is 105 cm³/mol. The maximum Gasteiger partial charge on any atom is 0.257 e. The van der Waals surface area contributed by atoms with Crippen LogP contribution in [-0.4, -0.2) is 42.8 Å². The minimum absolute atomic E-state index is 0.0239. The molecule has 0 fully saturated rings. The number of ketones is 1. The van der Waals surface area contributed by atoms with Gasteiger partial charge in [-0.15, -0.1) is 0 Å². The summed E-state index contributed by atoms with van der Waals surface area (Å²) in [5.41, 5.74) is 3.47. The number of carbonyl (C=O) groups is 2. The van der Waals surface area contributed by atoms with Gasteiger partial charge in [-0.1, -0.05) is 31.2 Å². The largest absolute Gasteiger partial charge is 0.484 e. The molecule has 5 heteroatoms. The molecule has 2 aromatic carbocycles. The van der Waals surface area contributed by atoms with Crippen molar-refractivity contribution in [2.24, 2.45) is 0 Å². The lowest BCUT2D eigenvalue weighted by Crippen LogP contribution is -2.39.